The number of nitrogens with zero attached hydrogens (tertiary/aromatic N) is 1. The highest BCUT2D eigenvalue weighted by Crippen LogP contribution is 1.68. The molecule has 2 nitrogen and oxygen atoms in total. The second-order valence-electron chi connectivity index (χ2n) is 2.18. The first kappa shape index (κ1) is 17.2. The van der Waals surface area contributed by atoms with E-state index in [9.17, 15) is 0 Å². The Labute approximate surface area is 81.5 Å². The molecule has 0 fully saturated rings. The van der Waals surface area contributed by atoms with Gasteiger partial charge in [0.25, 0.3) is 0 Å². The van der Waals surface area contributed by atoms with Crippen LogP contribution in [0.15, 0.2) is 0 Å². The van der Waals surface area contributed by atoms with E-state index in [0.717, 1.165) is 13.1 Å². The van der Waals surface area contributed by atoms with Crippen LogP contribution in [-0.4, -0.2) is 38.6 Å². The molecule has 0 unspecified atom stereocenters. The summed E-state index contributed by atoms with van der Waals surface area (Å²) in [6, 6.07) is 0. The number of rotatable bonds is 4. The lowest BCUT2D eigenvalue weighted by atomic mass is 10.5. The number of likely N-dealkylation sites (N-methyl/N-ethyl adjacent to an activating group) is 1. The highest BCUT2D eigenvalue weighted by atomic mass is 35.5. The molecule has 0 saturated carbocycles. The minimum absolute atomic E-state index is 0. The topological polar surface area (TPSA) is 15.3 Å². The summed E-state index contributed by atoms with van der Waals surface area (Å²) in [6.07, 6.45) is 5.02. The van der Waals surface area contributed by atoms with E-state index in [2.05, 4.69) is 16.1 Å². The molecule has 0 aliphatic rings. The lowest BCUT2D eigenvalue weighted by molar-refractivity contribution is 0.405. The van der Waals surface area contributed by atoms with Crippen LogP contribution in [0.25, 0.3) is 0 Å². The van der Waals surface area contributed by atoms with Gasteiger partial charge in [0, 0.05) is 13.1 Å². The van der Waals surface area contributed by atoms with Gasteiger partial charge in [-0.2, -0.15) is 0 Å². The number of hydrogen-bond acceptors (Lipinski definition) is 2. The standard InChI is InChI=1S/C7H14N2.2ClH/c1-4-5-8-6-7-9(2)3;;/h1,8H,5-7H2,2-3H3;2*1H. The van der Waals surface area contributed by atoms with Crippen molar-refractivity contribution in [2.24, 2.45) is 0 Å². The molecule has 0 bridgehead atoms. The molecule has 0 aliphatic carbocycles. The van der Waals surface area contributed by atoms with E-state index in [-0.39, 0.29) is 24.8 Å². The van der Waals surface area contributed by atoms with E-state index in [1.807, 2.05) is 14.1 Å². The van der Waals surface area contributed by atoms with Crippen molar-refractivity contribution in [2.45, 2.75) is 0 Å². The van der Waals surface area contributed by atoms with E-state index in [0.29, 0.717) is 6.54 Å². The maximum Gasteiger partial charge on any atom is 0.0574 e. The molecular formula is C7H16Cl2N2. The zero-order valence-electron chi connectivity index (χ0n) is 6.96. The molecular weight excluding hydrogens is 183 g/mol. The third kappa shape index (κ3) is 17.8. The molecule has 0 spiro atoms. The lowest BCUT2D eigenvalue weighted by Gasteiger charge is -2.07. The predicted octanol–water partition coefficient (Wildman–Crippen LogP) is 0.614. The Hall–Kier alpha value is 0.0600. The summed E-state index contributed by atoms with van der Waals surface area (Å²) < 4.78 is 0. The number of terminal acetylenes is 1. The fraction of sp³-hybridized carbons (Fsp3) is 0.714. The van der Waals surface area contributed by atoms with Crippen LogP contribution in [0.1, 0.15) is 0 Å². The van der Waals surface area contributed by atoms with Crippen LogP contribution in [-0.2, 0) is 0 Å². The van der Waals surface area contributed by atoms with Gasteiger partial charge in [0.2, 0.25) is 0 Å². The summed E-state index contributed by atoms with van der Waals surface area (Å²) in [5, 5.41) is 3.09. The van der Waals surface area contributed by atoms with Crippen molar-refractivity contribution in [1.82, 2.24) is 10.2 Å². The van der Waals surface area contributed by atoms with Gasteiger partial charge in [0.15, 0.2) is 0 Å². The van der Waals surface area contributed by atoms with Crippen molar-refractivity contribution in [3.05, 3.63) is 0 Å². The number of halogens is 2. The van der Waals surface area contributed by atoms with Gasteiger partial charge in [-0.3, -0.25) is 0 Å². The molecule has 0 heterocycles. The summed E-state index contributed by atoms with van der Waals surface area (Å²) >= 11 is 0. The molecule has 0 rings (SSSR count). The molecule has 0 aromatic rings. The van der Waals surface area contributed by atoms with E-state index in [1.165, 1.54) is 0 Å². The molecule has 0 aromatic carbocycles. The Bertz CT molecular complexity index is 99.1. The van der Waals surface area contributed by atoms with Crippen LogP contribution in [0, 0.1) is 12.3 Å². The fourth-order valence-electron chi connectivity index (χ4n) is 0.463. The maximum absolute atomic E-state index is 5.02. The highest BCUT2D eigenvalue weighted by molar-refractivity contribution is 5.85. The lowest BCUT2D eigenvalue weighted by Crippen LogP contribution is -2.26. The van der Waals surface area contributed by atoms with E-state index < -0.39 is 0 Å². The second kappa shape index (κ2) is 12.7. The summed E-state index contributed by atoms with van der Waals surface area (Å²) in [5.74, 6) is 2.51. The number of nitrogens with one attached hydrogen (secondary N) is 1. The Morgan fingerprint density at radius 1 is 1.36 bits per heavy atom. The zero-order valence-corrected chi connectivity index (χ0v) is 8.60. The first-order valence-electron chi connectivity index (χ1n) is 3.06. The number of hydrogen-bond donors (Lipinski definition) is 1. The molecule has 0 radical (unpaired) electrons. The van der Waals surface area contributed by atoms with Crippen LogP contribution in [0.4, 0.5) is 0 Å². The van der Waals surface area contributed by atoms with Gasteiger partial charge in [0.1, 0.15) is 0 Å². The van der Waals surface area contributed by atoms with E-state index in [4.69, 9.17) is 6.42 Å². The van der Waals surface area contributed by atoms with Crippen molar-refractivity contribution in [1.29, 1.82) is 0 Å². The average Bonchev–Trinajstić information content (AvgIpc) is 1.80. The van der Waals surface area contributed by atoms with Crippen LogP contribution in [0.5, 0.6) is 0 Å². The SMILES string of the molecule is C#CCNCCN(C)C.Cl.Cl. The Kier molecular flexibility index (Phi) is 19.9. The Morgan fingerprint density at radius 2 is 1.91 bits per heavy atom. The zero-order chi connectivity index (χ0) is 7.11. The van der Waals surface area contributed by atoms with Crippen LogP contribution < -0.4 is 5.32 Å². The molecule has 0 aliphatic heterocycles. The van der Waals surface area contributed by atoms with Crippen molar-refractivity contribution in [3.63, 3.8) is 0 Å². The van der Waals surface area contributed by atoms with Gasteiger partial charge in [-0.05, 0) is 14.1 Å². The normalized spacial score (nSPS) is 7.82. The molecule has 0 amide bonds. The van der Waals surface area contributed by atoms with E-state index >= 15 is 0 Å². The van der Waals surface area contributed by atoms with Crippen LogP contribution in [0.3, 0.4) is 0 Å². The van der Waals surface area contributed by atoms with Gasteiger partial charge >= 0.3 is 0 Å². The third-order valence-electron chi connectivity index (χ3n) is 0.963. The maximum atomic E-state index is 5.02. The summed E-state index contributed by atoms with van der Waals surface area (Å²) in [5.41, 5.74) is 0. The van der Waals surface area contributed by atoms with Crippen molar-refractivity contribution >= 4 is 24.8 Å². The molecule has 0 saturated heterocycles. The quantitative estimate of drug-likeness (QED) is 0.527. The van der Waals surface area contributed by atoms with Crippen LogP contribution >= 0.6 is 24.8 Å². The molecule has 68 valence electrons. The first-order chi connectivity index (χ1) is 4.27. The van der Waals surface area contributed by atoms with Crippen LogP contribution in [0.2, 0.25) is 0 Å². The van der Waals surface area contributed by atoms with Crippen molar-refractivity contribution in [2.75, 3.05) is 33.7 Å². The van der Waals surface area contributed by atoms with Gasteiger partial charge in [0.05, 0.1) is 6.54 Å². The minimum Gasteiger partial charge on any atom is -0.308 e. The molecule has 11 heavy (non-hydrogen) atoms. The molecule has 4 heteroatoms. The van der Waals surface area contributed by atoms with Crippen molar-refractivity contribution < 1.29 is 0 Å². The largest absolute Gasteiger partial charge is 0.308 e. The minimum atomic E-state index is 0. The summed E-state index contributed by atoms with van der Waals surface area (Å²) in [7, 11) is 4.08. The van der Waals surface area contributed by atoms with Gasteiger partial charge < -0.3 is 10.2 Å². The molecule has 0 aromatic heterocycles. The Balaban J connectivity index is -0.000000320. The fourth-order valence-corrected chi connectivity index (χ4v) is 0.463. The molecule has 1 N–H and O–H groups in total. The average molecular weight is 199 g/mol. The molecule has 0 atom stereocenters. The summed E-state index contributed by atoms with van der Waals surface area (Å²) in [4.78, 5) is 2.11. The van der Waals surface area contributed by atoms with Gasteiger partial charge in [-0.15, -0.1) is 31.2 Å². The Morgan fingerprint density at radius 3 is 2.27 bits per heavy atom. The monoisotopic (exact) mass is 198 g/mol. The van der Waals surface area contributed by atoms with Crippen molar-refractivity contribution in [3.8, 4) is 12.3 Å². The second-order valence-corrected chi connectivity index (χ2v) is 2.18. The smallest absolute Gasteiger partial charge is 0.0574 e. The first-order valence-corrected chi connectivity index (χ1v) is 3.06. The highest BCUT2D eigenvalue weighted by Gasteiger charge is 1.85. The summed E-state index contributed by atoms with van der Waals surface area (Å²) in [6.45, 7) is 2.69. The van der Waals surface area contributed by atoms with Gasteiger partial charge in [-0.1, -0.05) is 5.92 Å². The predicted molar refractivity (Wildman–Crippen MR) is 54.8 cm³/mol. The third-order valence-corrected chi connectivity index (χ3v) is 0.963. The van der Waals surface area contributed by atoms with E-state index in [1.54, 1.807) is 0 Å². The van der Waals surface area contributed by atoms with Gasteiger partial charge in [-0.25, -0.2) is 0 Å².